The van der Waals surface area contributed by atoms with Crippen molar-refractivity contribution in [3.63, 3.8) is 0 Å². The molecule has 0 radical (unpaired) electrons. The third-order valence-electron chi connectivity index (χ3n) is 2.25. The van der Waals surface area contributed by atoms with Crippen LogP contribution in [0.4, 0.5) is 5.69 Å². The summed E-state index contributed by atoms with van der Waals surface area (Å²) in [5.74, 6) is 0. The van der Waals surface area contributed by atoms with Crippen molar-refractivity contribution >= 4 is 5.69 Å². The molecule has 1 rings (SSSR count). The minimum Gasteiger partial charge on any atom is -0.368 e. The van der Waals surface area contributed by atoms with E-state index >= 15 is 0 Å². The fourth-order valence-electron chi connectivity index (χ4n) is 1.31. The number of benzene rings is 1. The highest BCUT2D eigenvalue weighted by molar-refractivity contribution is 5.46. The molecule has 13 heavy (non-hydrogen) atoms. The van der Waals surface area contributed by atoms with Crippen molar-refractivity contribution in [3.8, 4) is 0 Å². The van der Waals surface area contributed by atoms with Crippen molar-refractivity contribution in [2.45, 2.75) is 19.9 Å². The van der Waals surface area contributed by atoms with Crippen LogP contribution in [0.1, 0.15) is 13.8 Å². The Morgan fingerprint density at radius 1 is 1.23 bits per heavy atom. The summed E-state index contributed by atoms with van der Waals surface area (Å²) in [5.41, 5.74) is 1.26. The van der Waals surface area contributed by atoms with Gasteiger partial charge in [0.1, 0.15) is 0 Å². The van der Waals surface area contributed by atoms with Gasteiger partial charge in [-0.3, -0.25) is 0 Å². The van der Waals surface area contributed by atoms with Gasteiger partial charge in [0.15, 0.2) is 0 Å². The Hall–Kier alpha value is -1.24. The number of likely N-dealkylation sites (N-methyl/N-ethyl adjacent to an activating group) is 1. The van der Waals surface area contributed by atoms with Gasteiger partial charge in [-0.15, -0.1) is 0 Å². The molecule has 0 aliphatic carbocycles. The molecule has 0 saturated heterocycles. The Balaban J connectivity index is 2.73. The average molecular weight is 175 g/mol. The smallest absolute Gasteiger partial charge is 0.0441 e. The third-order valence-corrected chi connectivity index (χ3v) is 2.25. The van der Waals surface area contributed by atoms with Gasteiger partial charge in [0, 0.05) is 18.8 Å². The molecule has 0 N–H and O–H groups in total. The predicted molar refractivity (Wildman–Crippen MR) is 59.1 cm³/mol. The lowest BCUT2D eigenvalue weighted by molar-refractivity contribution is 0.822. The van der Waals surface area contributed by atoms with E-state index in [0.717, 1.165) is 0 Å². The molecule has 1 aromatic rings. The molecule has 0 bridgehead atoms. The number of hydrogen-bond donors (Lipinski definition) is 0. The van der Waals surface area contributed by atoms with Crippen molar-refractivity contribution in [2.24, 2.45) is 0 Å². The Morgan fingerprint density at radius 2 is 1.85 bits per heavy atom. The van der Waals surface area contributed by atoms with Crippen LogP contribution < -0.4 is 4.90 Å². The lowest BCUT2D eigenvalue weighted by Crippen LogP contribution is -2.26. The van der Waals surface area contributed by atoms with Crippen molar-refractivity contribution in [2.75, 3.05) is 11.9 Å². The van der Waals surface area contributed by atoms with Crippen LogP contribution in [0.2, 0.25) is 0 Å². The second-order valence-corrected chi connectivity index (χ2v) is 3.21. The van der Waals surface area contributed by atoms with Crippen LogP contribution in [0.25, 0.3) is 0 Å². The summed E-state index contributed by atoms with van der Waals surface area (Å²) in [7, 11) is 2.11. The van der Waals surface area contributed by atoms with Crippen molar-refractivity contribution in [1.29, 1.82) is 0 Å². The largest absolute Gasteiger partial charge is 0.368 e. The van der Waals surface area contributed by atoms with Gasteiger partial charge >= 0.3 is 0 Å². The Labute approximate surface area is 80.7 Å². The highest BCUT2D eigenvalue weighted by Crippen LogP contribution is 2.14. The maximum atomic E-state index is 2.25. The van der Waals surface area contributed by atoms with Crippen LogP contribution in [-0.2, 0) is 0 Å². The molecule has 0 aromatic heterocycles. The van der Waals surface area contributed by atoms with E-state index in [4.69, 9.17) is 0 Å². The molecule has 0 heterocycles. The van der Waals surface area contributed by atoms with Crippen LogP contribution in [0, 0.1) is 0 Å². The quantitative estimate of drug-likeness (QED) is 0.638. The Kier molecular flexibility index (Phi) is 3.56. The molecule has 0 aliphatic rings. The van der Waals surface area contributed by atoms with Gasteiger partial charge < -0.3 is 4.90 Å². The second kappa shape index (κ2) is 4.70. The summed E-state index contributed by atoms with van der Waals surface area (Å²) in [6, 6.07) is 10.9. The molecule has 0 fully saturated rings. The second-order valence-electron chi connectivity index (χ2n) is 3.21. The molecule has 1 unspecified atom stereocenters. The van der Waals surface area contributed by atoms with E-state index in [1.54, 1.807) is 0 Å². The highest BCUT2D eigenvalue weighted by atomic mass is 15.1. The topological polar surface area (TPSA) is 3.24 Å². The molecular weight excluding hydrogens is 158 g/mol. The molecule has 1 atom stereocenters. The van der Waals surface area contributed by atoms with Crippen LogP contribution in [-0.4, -0.2) is 13.1 Å². The van der Waals surface area contributed by atoms with Gasteiger partial charge in [0.25, 0.3) is 0 Å². The maximum Gasteiger partial charge on any atom is 0.0441 e. The van der Waals surface area contributed by atoms with Gasteiger partial charge in [-0.2, -0.15) is 0 Å². The number of hydrogen-bond acceptors (Lipinski definition) is 1. The van der Waals surface area contributed by atoms with Crippen molar-refractivity contribution in [3.05, 3.63) is 42.5 Å². The number of rotatable bonds is 3. The van der Waals surface area contributed by atoms with E-state index in [9.17, 15) is 0 Å². The number of para-hydroxylation sites is 1. The van der Waals surface area contributed by atoms with E-state index in [0.29, 0.717) is 6.04 Å². The molecule has 1 heteroatoms. The first-order valence-electron chi connectivity index (χ1n) is 4.66. The van der Waals surface area contributed by atoms with E-state index in [-0.39, 0.29) is 0 Å². The molecule has 0 amide bonds. The van der Waals surface area contributed by atoms with E-state index in [1.165, 1.54) is 5.69 Å². The summed E-state index contributed by atoms with van der Waals surface area (Å²) < 4.78 is 0. The standard InChI is InChI=1S/C12H17N/c1-4-8-11(2)13(3)12-9-6-5-7-10-12/h4-11H,1-3H3/b8-4-. The lowest BCUT2D eigenvalue weighted by Gasteiger charge is -2.24. The summed E-state index contributed by atoms with van der Waals surface area (Å²) >= 11 is 0. The molecule has 70 valence electrons. The molecule has 0 saturated carbocycles. The summed E-state index contributed by atoms with van der Waals surface area (Å²) in [5, 5.41) is 0. The minimum absolute atomic E-state index is 0.451. The van der Waals surface area contributed by atoms with Gasteiger partial charge in [0.05, 0.1) is 0 Å². The predicted octanol–water partition coefficient (Wildman–Crippen LogP) is 3.09. The zero-order valence-corrected chi connectivity index (χ0v) is 8.57. The van der Waals surface area contributed by atoms with Crippen LogP contribution >= 0.6 is 0 Å². The molecule has 0 aliphatic heterocycles. The monoisotopic (exact) mass is 175 g/mol. The average Bonchev–Trinajstić information content (AvgIpc) is 2.18. The number of anilines is 1. The van der Waals surface area contributed by atoms with Gasteiger partial charge in [-0.05, 0) is 26.0 Å². The summed E-state index contributed by atoms with van der Waals surface area (Å²) in [6.45, 7) is 4.24. The molecule has 0 spiro atoms. The van der Waals surface area contributed by atoms with E-state index in [1.807, 2.05) is 6.07 Å². The minimum atomic E-state index is 0.451. The van der Waals surface area contributed by atoms with Gasteiger partial charge in [-0.25, -0.2) is 0 Å². The van der Waals surface area contributed by atoms with Crippen molar-refractivity contribution < 1.29 is 0 Å². The van der Waals surface area contributed by atoms with Gasteiger partial charge in [0.2, 0.25) is 0 Å². The highest BCUT2D eigenvalue weighted by Gasteiger charge is 2.04. The summed E-state index contributed by atoms with van der Waals surface area (Å²) in [4.78, 5) is 2.25. The Bertz CT molecular complexity index is 264. The molecule has 1 nitrogen and oxygen atoms in total. The first kappa shape index (κ1) is 9.85. The first-order valence-corrected chi connectivity index (χ1v) is 4.66. The zero-order chi connectivity index (χ0) is 9.68. The fourth-order valence-corrected chi connectivity index (χ4v) is 1.31. The fraction of sp³-hybridized carbons (Fsp3) is 0.333. The van der Waals surface area contributed by atoms with Crippen LogP contribution in [0.3, 0.4) is 0 Å². The Morgan fingerprint density at radius 3 is 2.38 bits per heavy atom. The van der Waals surface area contributed by atoms with Crippen LogP contribution in [0.5, 0.6) is 0 Å². The zero-order valence-electron chi connectivity index (χ0n) is 8.57. The first-order chi connectivity index (χ1) is 6.25. The molecular formula is C12H17N. The van der Waals surface area contributed by atoms with E-state index < -0.39 is 0 Å². The van der Waals surface area contributed by atoms with E-state index in [2.05, 4.69) is 62.2 Å². The third kappa shape index (κ3) is 2.62. The normalized spacial score (nSPS) is 13.2. The SMILES string of the molecule is C/C=C\C(C)N(C)c1ccccc1. The van der Waals surface area contributed by atoms with Crippen molar-refractivity contribution in [1.82, 2.24) is 0 Å². The van der Waals surface area contributed by atoms with Gasteiger partial charge in [-0.1, -0.05) is 30.4 Å². The maximum absolute atomic E-state index is 2.25. The number of allylic oxidation sites excluding steroid dienone is 1. The molecule has 1 aromatic carbocycles. The van der Waals surface area contributed by atoms with Crippen LogP contribution in [0.15, 0.2) is 42.5 Å². The lowest BCUT2D eigenvalue weighted by atomic mass is 10.2. The summed E-state index contributed by atoms with van der Waals surface area (Å²) in [6.07, 6.45) is 4.27. The number of nitrogens with zero attached hydrogens (tertiary/aromatic N) is 1.